The Balaban J connectivity index is 2.17. The van der Waals surface area contributed by atoms with Gasteiger partial charge in [0.15, 0.2) is 11.5 Å². The molecular weight excluding hydrogens is 300 g/mol. The highest BCUT2D eigenvalue weighted by atomic mass is 16.5. The molecule has 0 atom stereocenters. The van der Waals surface area contributed by atoms with Crippen LogP contribution < -0.4 is 10.2 Å². The molecule has 1 amide bonds. The number of phenolic OH excluding ortho intramolecular Hbond substituents is 3. The lowest BCUT2D eigenvalue weighted by molar-refractivity contribution is 0.0954. The van der Waals surface area contributed by atoms with Crippen molar-refractivity contribution in [1.29, 1.82) is 0 Å². The number of carbonyl (C=O) groups excluding carboxylic acids is 1. The van der Waals surface area contributed by atoms with Gasteiger partial charge in [-0.05, 0) is 37.3 Å². The minimum atomic E-state index is -0.499. The van der Waals surface area contributed by atoms with Crippen molar-refractivity contribution in [2.75, 3.05) is 7.11 Å². The van der Waals surface area contributed by atoms with Crippen LogP contribution in [-0.2, 0) is 0 Å². The van der Waals surface area contributed by atoms with E-state index in [1.54, 1.807) is 6.92 Å². The Kier molecular flexibility index (Phi) is 4.70. The molecule has 0 aliphatic heterocycles. The van der Waals surface area contributed by atoms with Gasteiger partial charge in [0.05, 0.1) is 12.8 Å². The molecule has 23 heavy (non-hydrogen) atoms. The zero-order valence-electron chi connectivity index (χ0n) is 12.6. The molecule has 7 nitrogen and oxygen atoms in total. The second kappa shape index (κ2) is 6.69. The SMILES string of the molecule is COc1cc(C(=O)NN=C(C)c2ccc(O)cc2O)ccc1O. The number of aromatic hydroxyl groups is 3. The van der Waals surface area contributed by atoms with E-state index in [1.165, 1.54) is 43.5 Å². The van der Waals surface area contributed by atoms with Gasteiger partial charge in [0.25, 0.3) is 5.91 Å². The summed E-state index contributed by atoms with van der Waals surface area (Å²) in [5, 5.41) is 32.4. The molecule has 0 radical (unpaired) electrons. The Morgan fingerprint density at radius 2 is 1.83 bits per heavy atom. The zero-order valence-corrected chi connectivity index (χ0v) is 12.6. The number of nitrogens with one attached hydrogen (secondary N) is 1. The van der Waals surface area contributed by atoms with E-state index >= 15 is 0 Å². The van der Waals surface area contributed by atoms with Crippen LogP contribution in [0.4, 0.5) is 0 Å². The molecule has 0 saturated heterocycles. The lowest BCUT2D eigenvalue weighted by Gasteiger charge is -2.07. The smallest absolute Gasteiger partial charge is 0.271 e. The fourth-order valence-corrected chi connectivity index (χ4v) is 1.90. The first kappa shape index (κ1) is 16.2. The van der Waals surface area contributed by atoms with E-state index in [0.29, 0.717) is 11.3 Å². The number of ether oxygens (including phenoxy) is 1. The van der Waals surface area contributed by atoms with E-state index in [-0.39, 0.29) is 28.6 Å². The van der Waals surface area contributed by atoms with Crippen LogP contribution in [-0.4, -0.2) is 34.0 Å². The maximum atomic E-state index is 12.0. The van der Waals surface area contributed by atoms with Gasteiger partial charge in [-0.1, -0.05) is 0 Å². The van der Waals surface area contributed by atoms with E-state index in [0.717, 1.165) is 0 Å². The van der Waals surface area contributed by atoms with Gasteiger partial charge in [-0.3, -0.25) is 4.79 Å². The number of rotatable bonds is 4. The minimum Gasteiger partial charge on any atom is -0.508 e. The molecule has 0 spiro atoms. The third-order valence-electron chi connectivity index (χ3n) is 3.14. The summed E-state index contributed by atoms with van der Waals surface area (Å²) in [6, 6.07) is 8.22. The molecule has 0 aliphatic rings. The van der Waals surface area contributed by atoms with Gasteiger partial charge in [-0.25, -0.2) is 5.43 Å². The number of carbonyl (C=O) groups is 1. The summed E-state index contributed by atoms with van der Waals surface area (Å²) < 4.78 is 4.94. The molecule has 0 heterocycles. The fraction of sp³-hybridized carbons (Fsp3) is 0.125. The van der Waals surface area contributed by atoms with Crippen molar-refractivity contribution in [3.63, 3.8) is 0 Å². The average Bonchev–Trinajstić information content (AvgIpc) is 2.52. The number of hydrazone groups is 1. The largest absolute Gasteiger partial charge is 0.508 e. The van der Waals surface area contributed by atoms with Gasteiger partial charge in [-0.15, -0.1) is 0 Å². The molecule has 4 N–H and O–H groups in total. The predicted molar refractivity (Wildman–Crippen MR) is 84.1 cm³/mol. The molecule has 2 rings (SSSR count). The molecule has 7 heteroatoms. The first-order chi connectivity index (χ1) is 10.9. The fourth-order valence-electron chi connectivity index (χ4n) is 1.90. The van der Waals surface area contributed by atoms with Crippen molar-refractivity contribution >= 4 is 11.6 Å². The van der Waals surface area contributed by atoms with Crippen molar-refractivity contribution in [2.24, 2.45) is 5.10 Å². The summed E-state index contributed by atoms with van der Waals surface area (Å²) in [6.45, 7) is 1.60. The highest BCUT2D eigenvalue weighted by molar-refractivity contribution is 6.02. The van der Waals surface area contributed by atoms with E-state index < -0.39 is 5.91 Å². The topological polar surface area (TPSA) is 111 Å². The van der Waals surface area contributed by atoms with Crippen LogP contribution in [0.5, 0.6) is 23.0 Å². The van der Waals surface area contributed by atoms with E-state index in [4.69, 9.17) is 4.74 Å². The van der Waals surface area contributed by atoms with E-state index in [9.17, 15) is 20.1 Å². The van der Waals surface area contributed by atoms with Crippen LogP contribution in [0.1, 0.15) is 22.8 Å². The monoisotopic (exact) mass is 316 g/mol. The van der Waals surface area contributed by atoms with Crippen molar-refractivity contribution in [2.45, 2.75) is 6.92 Å². The summed E-state index contributed by atoms with van der Waals surface area (Å²) in [4.78, 5) is 12.0. The van der Waals surface area contributed by atoms with Gasteiger partial charge in [0, 0.05) is 17.2 Å². The normalized spacial score (nSPS) is 11.1. The van der Waals surface area contributed by atoms with Crippen LogP contribution in [0.2, 0.25) is 0 Å². The molecule has 2 aromatic rings. The van der Waals surface area contributed by atoms with Gasteiger partial charge >= 0.3 is 0 Å². The van der Waals surface area contributed by atoms with Crippen molar-refractivity contribution in [3.8, 4) is 23.0 Å². The first-order valence-corrected chi connectivity index (χ1v) is 6.66. The van der Waals surface area contributed by atoms with Crippen molar-refractivity contribution in [1.82, 2.24) is 5.43 Å². The zero-order chi connectivity index (χ0) is 17.0. The van der Waals surface area contributed by atoms with Gasteiger partial charge in [0.1, 0.15) is 11.5 Å². The standard InChI is InChI=1S/C16H16N2O5/c1-9(12-5-4-11(19)8-14(12)21)17-18-16(22)10-3-6-13(20)15(7-10)23-2/h3-8,19-21H,1-2H3,(H,18,22). The van der Waals surface area contributed by atoms with E-state index in [1.807, 2.05) is 0 Å². The molecule has 0 fully saturated rings. The Labute approximate surface area is 132 Å². The summed E-state index contributed by atoms with van der Waals surface area (Å²) in [5.41, 5.74) is 3.35. The predicted octanol–water partition coefficient (Wildman–Crippen LogP) is 1.97. The summed E-state index contributed by atoms with van der Waals surface area (Å²) >= 11 is 0. The number of hydrogen-bond donors (Lipinski definition) is 4. The number of phenols is 3. The maximum absolute atomic E-state index is 12.0. The molecular formula is C16H16N2O5. The van der Waals surface area contributed by atoms with Gasteiger partial charge in [0.2, 0.25) is 0 Å². The second-order valence-corrected chi connectivity index (χ2v) is 4.73. The number of benzene rings is 2. The molecule has 0 saturated carbocycles. The van der Waals surface area contributed by atoms with Crippen LogP contribution >= 0.6 is 0 Å². The molecule has 0 aromatic heterocycles. The summed E-state index contributed by atoms with van der Waals surface area (Å²) in [7, 11) is 1.38. The third-order valence-corrected chi connectivity index (χ3v) is 3.14. The number of hydrogen-bond acceptors (Lipinski definition) is 6. The Hall–Kier alpha value is -3.22. The third kappa shape index (κ3) is 3.70. The van der Waals surface area contributed by atoms with E-state index in [2.05, 4.69) is 10.5 Å². The molecule has 2 aromatic carbocycles. The Bertz CT molecular complexity index is 771. The quantitative estimate of drug-likeness (QED) is 0.509. The van der Waals surface area contributed by atoms with Crippen LogP contribution in [0.25, 0.3) is 0 Å². The van der Waals surface area contributed by atoms with Crippen LogP contribution in [0.15, 0.2) is 41.5 Å². The lowest BCUT2D eigenvalue weighted by atomic mass is 10.1. The van der Waals surface area contributed by atoms with Crippen molar-refractivity contribution < 1.29 is 24.9 Å². The first-order valence-electron chi connectivity index (χ1n) is 6.66. The molecule has 120 valence electrons. The van der Waals surface area contributed by atoms with Gasteiger partial charge in [-0.2, -0.15) is 5.10 Å². The number of methoxy groups -OCH3 is 1. The maximum Gasteiger partial charge on any atom is 0.271 e. The van der Waals surface area contributed by atoms with Gasteiger partial charge < -0.3 is 20.1 Å². The minimum absolute atomic E-state index is 0.0701. The highest BCUT2D eigenvalue weighted by Crippen LogP contribution is 2.26. The summed E-state index contributed by atoms with van der Waals surface area (Å²) in [5.74, 6) is -0.612. The number of nitrogens with zero attached hydrogens (tertiary/aromatic N) is 1. The average molecular weight is 316 g/mol. The van der Waals surface area contributed by atoms with Crippen LogP contribution in [0.3, 0.4) is 0 Å². The number of amides is 1. The molecule has 0 unspecified atom stereocenters. The Morgan fingerprint density at radius 1 is 1.09 bits per heavy atom. The Morgan fingerprint density at radius 3 is 2.48 bits per heavy atom. The summed E-state index contributed by atoms with van der Waals surface area (Å²) in [6.07, 6.45) is 0. The lowest BCUT2D eigenvalue weighted by Crippen LogP contribution is -2.19. The second-order valence-electron chi connectivity index (χ2n) is 4.73. The highest BCUT2D eigenvalue weighted by Gasteiger charge is 2.10. The molecule has 0 bridgehead atoms. The van der Waals surface area contributed by atoms with Crippen molar-refractivity contribution in [3.05, 3.63) is 47.5 Å². The molecule has 0 aliphatic carbocycles. The van der Waals surface area contributed by atoms with Crippen LogP contribution in [0, 0.1) is 0 Å².